The Morgan fingerprint density at radius 1 is 0.880 bits per heavy atom. The summed E-state index contributed by atoms with van der Waals surface area (Å²) >= 11 is 0. The molecule has 0 fully saturated rings. The van der Waals surface area contributed by atoms with Gasteiger partial charge in [0.25, 0.3) is 0 Å². The molecule has 0 aliphatic heterocycles. The Kier molecular flexibility index (Phi) is 3.86. The maximum atomic E-state index is 12.5. The van der Waals surface area contributed by atoms with E-state index >= 15 is 0 Å². The van der Waals surface area contributed by atoms with Crippen LogP contribution in [0.5, 0.6) is 0 Å². The third-order valence-electron chi connectivity index (χ3n) is 4.45. The molecule has 0 saturated heterocycles. The van der Waals surface area contributed by atoms with Crippen molar-refractivity contribution in [3.05, 3.63) is 94.9 Å². The third kappa shape index (κ3) is 2.94. The van der Waals surface area contributed by atoms with Gasteiger partial charge in [-0.15, -0.1) is 0 Å². The SMILES string of the molecule is CC(c1ccccc1)n1c(=O)[nH]c2cc(Nc3ccccc3)ccc21. The van der Waals surface area contributed by atoms with Crippen LogP contribution in [0.4, 0.5) is 11.4 Å². The van der Waals surface area contributed by atoms with E-state index in [4.69, 9.17) is 0 Å². The number of aromatic amines is 1. The van der Waals surface area contributed by atoms with E-state index in [0.29, 0.717) is 0 Å². The fraction of sp³-hybridized carbons (Fsp3) is 0.0952. The van der Waals surface area contributed by atoms with Gasteiger partial charge in [0.2, 0.25) is 0 Å². The molecule has 4 aromatic rings. The molecule has 1 aromatic heterocycles. The first-order valence-electron chi connectivity index (χ1n) is 8.33. The van der Waals surface area contributed by atoms with Gasteiger partial charge in [-0.25, -0.2) is 4.79 Å². The predicted molar refractivity (Wildman–Crippen MR) is 103 cm³/mol. The van der Waals surface area contributed by atoms with E-state index < -0.39 is 0 Å². The molecule has 3 aromatic carbocycles. The molecule has 0 radical (unpaired) electrons. The monoisotopic (exact) mass is 329 g/mol. The molecule has 0 aliphatic carbocycles. The van der Waals surface area contributed by atoms with E-state index in [2.05, 4.69) is 10.3 Å². The van der Waals surface area contributed by atoms with Crippen molar-refractivity contribution in [2.45, 2.75) is 13.0 Å². The molecule has 4 heteroatoms. The number of benzene rings is 3. The lowest BCUT2D eigenvalue weighted by molar-refractivity contribution is 0.635. The van der Waals surface area contributed by atoms with E-state index in [1.165, 1.54) is 0 Å². The number of hydrogen-bond donors (Lipinski definition) is 2. The van der Waals surface area contributed by atoms with Gasteiger partial charge >= 0.3 is 5.69 Å². The summed E-state index contributed by atoms with van der Waals surface area (Å²) in [6, 6.07) is 25.9. The highest BCUT2D eigenvalue weighted by Crippen LogP contribution is 2.24. The maximum absolute atomic E-state index is 12.5. The van der Waals surface area contributed by atoms with E-state index in [1.54, 1.807) is 4.57 Å². The maximum Gasteiger partial charge on any atom is 0.327 e. The molecule has 0 amide bonds. The normalized spacial score (nSPS) is 12.2. The Morgan fingerprint density at radius 3 is 2.28 bits per heavy atom. The van der Waals surface area contributed by atoms with Crippen molar-refractivity contribution in [1.29, 1.82) is 0 Å². The van der Waals surface area contributed by atoms with Crippen LogP contribution in [0.15, 0.2) is 83.7 Å². The summed E-state index contributed by atoms with van der Waals surface area (Å²) in [6.45, 7) is 2.04. The molecule has 1 unspecified atom stereocenters. The summed E-state index contributed by atoms with van der Waals surface area (Å²) in [5.41, 5.74) is 4.70. The number of nitrogens with one attached hydrogen (secondary N) is 2. The van der Waals surface area contributed by atoms with Gasteiger partial charge in [0.1, 0.15) is 0 Å². The van der Waals surface area contributed by atoms with Crippen molar-refractivity contribution in [2.75, 3.05) is 5.32 Å². The zero-order chi connectivity index (χ0) is 17.2. The Bertz CT molecular complexity index is 1050. The van der Waals surface area contributed by atoms with Gasteiger partial charge in [0, 0.05) is 11.4 Å². The number of imidazole rings is 1. The second-order valence-corrected chi connectivity index (χ2v) is 6.11. The molecule has 4 rings (SSSR count). The van der Waals surface area contributed by atoms with E-state index in [0.717, 1.165) is 28.0 Å². The lowest BCUT2D eigenvalue weighted by atomic mass is 10.1. The average Bonchev–Trinajstić information content (AvgIpc) is 2.97. The fourth-order valence-electron chi connectivity index (χ4n) is 3.16. The summed E-state index contributed by atoms with van der Waals surface area (Å²) in [6.07, 6.45) is 0. The molecule has 0 aliphatic rings. The largest absolute Gasteiger partial charge is 0.355 e. The fourth-order valence-corrected chi connectivity index (χ4v) is 3.16. The van der Waals surface area contributed by atoms with Crippen molar-refractivity contribution in [1.82, 2.24) is 9.55 Å². The van der Waals surface area contributed by atoms with Crippen LogP contribution in [0.3, 0.4) is 0 Å². The van der Waals surface area contributed by atoms with Crippen LogP contribution in [-0.2, 0) is 0 Å². The third-order valence-corrected chi connectivity index (χ3v) is 4.45. The van der Waals surface area contributed by atoms with Gasteiger partial charge in [-0.05, 0) is 42.8 Å². The average molecular weight is 329 g/mol. The minimum atomic E-state index is -0.0942. The first kappa shape index (κ1) is 15.3. The van der Waals surface area contributed by atoms with Crippen LogP contribution < -0.4 is 11.0 Å². The number of para-hydroxylation sites is 1. The molecule has 1 heterocycles. The van der Waals surface area contributed by atoms with Crippen LogP contribution in [0.1, 0.15) is 18.5 Å². The molecule has 0 saturated carbocycles. The number of aromatic nitrogens is 2. The Balaban J connectivity index is 1.73. The number of rotatable bonds is 4. The van der Waals surface area contributed by atoms with Gasteiger partial charge in [-0.1, -0.05) is 48.5 Å². The zero-order valence-electron chi connectivity index (χ0n) is 13.9. The molecular formula is C21H19N3O. The van der Waals surface area contributed by atoms with Crippen LogP contribution in [0.25, 0.3) is 11.0 Å². The van der Waals surface area contributed by atoms with Crippen molar-refractivity contribution < 1.29 is 0 Å². The van der Waals surface area contributed by atoms with Gasteiger partial charge in [0.05, 0.1) is 17.1 Å². The molecule has 0 spiro atoms. The van der Waals surface area contributed by atoms with Crippen LogP contribution in [0, 0.1) is 0 Å². The summed E-state index contributed by atoms with van der Waals surface area (Å²) in [5, 5.41) is 3.35. The highest BCUT2D eigenvalue weighted by Gasteiger charge is 2.14. The van der Waals surface area contributed by atoms with Crippen LogP contribution >= 0.6 is 0 Å². The Hall–Kier alpha value is -3.27. The van der Waals surface area contributed by atoms with Crippen molar-refractivity contribution >= 4 is 22.4 Å². The highest BCUT2D eigenvalue weighted by atomic mass is 16.1. The van der Waals surface area contributed by atoms with Gasteiger partial charge in [0.15, 0.2) is 0 Å². The summed E-state index contributed by atoms with van der Waals surface area (Å²) in [4.78, 5) is 15.5. The minimum absolute atomic E-state index is 0.0321. The summed E-state index contributed by atoms with van der Waals surface area (Å²) in [7, 11) is 0. The lowest BCUT2D eigenvalue weighted by Gasteiger charge is -2.14. The molecule has 124 valence electrons. The standard InChI is InChI=1S/C21H19N3O/c1-15(16-8-4-2-5-9-16)24-20-13-12-18(14-19(20)23-21(24)25)22-17-10-6-3-7-11-17/h2-15,22H,1H3,(H,23,25). The summed E-state index contributed by atoms with van der Waals surface area (Å²) in [5.74, 6) is 0. The quantitative estimate of drug-likeness (QED) is 0.571. The highest BCUT2D eigenvalue weighted by molar-refractivity contribution is 5.81. The Labute approximate surface area is 145 Å². The summed E-state index contributed by atoms with van der Waals surface area (Å²) < 4.78 is 1.80. The van der Waals surface area contributed by atoms with Crippen LogP contribution in [-0.4, -0.2) is 9.55 Å². The number of anilines is 2. The topological polar surface area (TPSA) is 49.8 Å². The number of nitrogens with zero attached hydrogens (tertiary/aromatic N) is 1. The second-order valence-electron chi connectivity index (χ2n) is 6.11. The van der Waals surface area contributed by atoms with E-state index in [-0.39, 0.29) is 11.7 Å². The van der Waals surface area contributed by atoms with E-state index in [1.807, 2.05) is 85.8 Å². The van der Waals surface area contributed by atoms with Crippen molar-refractivity contribution in [3.63, 3.8) is 0 Å². The number of fused-ring (bicyclic) bond motifs is 1. The zero-order valence-corrected chi connectivity index (χ0v) is 13.9. The molecule has 4 nitrogen and oxygen atoms in total. The molecule has 1 atom stereocenters. The number of H-pyrrole nitrogens is 1. The first-order valence-corrected chi connectivity index (χ1v) is 8.33. The van der Waals surface area contributed by atoms with Crippen molar-refractivity contribution in [2.24, 2.45) is 0 Å². The van der Waals surface area contributed by atoms with Gasteiger partial charge in [-0.2, -0.15) is 0 Å². The smallest absolute Gasteiger partial charge is 0.327 e. The molecule has 2 N–H and O–H groups in total. The second kappa shape index (κ2) is 6.32. The Morgan fingerprint density at radius 2 is 1.56 bits per heavy atom. The minimum Gasteiger partial charge on any atom is -0.355 e. The molecule has 25 heavy (non-hydrogen) atoms. The predicted octanol–water partition coefficient (Wildman–Crippen LogP) is 4.68. The van der Waals surface area contributed by atoms with Crippen molar-refractivity contribution in [3.8, 4) is 0 Å². The molecular weight excluding hydrogens is 310 g/mol. The van der Waals surface area contributed by atoms with Crippen LogP contribution in [0.2, 0.25) is 0 Å². The molecule has 0 bridgehead atoms. The van der Waals surface area contributed by atoms with Gasteiger partial charge < -0.3 is 10.3 Å². The number of hydrogen-bond acceptors (Lipinski definition) is 2. The van der Waals surface area contributed by atoms with E-state index in [9.17, 15) is 4.79 Å². The lowest BCUT2D eigenvalue weighted by Crippen LogP contribution is -2.21. The first-order chi connectivity index (χ1) is 12.2. The van der Waals surface area contributed by atoms with Gasteiger partial charge in [-0.3, -0.25) is 4.57 Å².